The van der Waals surface area contributed by atoms with Crippen LogP contribution in [0.1, 0.15) is 111 Å². The zero-order valence-corrected chi connectivity index (χ0v) is 14.1. The SMILES string of the molecule is CCCCCCCC.CCCCCCCCCCO. The molecule has 0 saturated heterocycles. The molecule has 0 atom stereocenters. The van der Waals surface area contributed by atoms with Gasteiger partial charge in [-0.1, -0.05) is 104 Å². The average Bonchev–Trinajstić information content (AvgIpc) is 2.44. The number of hydrogen-bond acceptors (Lipinski definition) is 1. The van der Waals surface area contributed by atoms with Gasteiger partial charge in [0.2, 0.25) is 0 Å². The molecule has 0 fully saturated rings. The molecule has 0 spiro atoms. The fraction of sp³-hybridized carbons (Fsp3) is 1.00. The summed E-state index contributed by atoms with van der Waals surface area (Å²) in [6.07, 6.45) is 18.9. The van der Waals surface area contributed by atoms with Gasteiger partial charge in [0.25, 0.3) is 0 Å². The summed E-state index contributed by atoms with van der Waals surface area (Å²) >= 11 is 0. The van der Waals surface area contributed by atoms with E-state index >= 15 is 0 Å². The molecule has 0 rings (SSSR count). The van der Waals surface area contributed by atoms with Gasteiger partial charge in [-0.2, -0.15) is 0 Å². The molecule has 0 aromatic rings. The van der Waals surface area contributed by atoms with Crippen LogP contribution in [0.2, 0.25) is 0 Å². The van der Waals surface area contributed by atoms with Crippen molar-refractivity contribution >= 4 is 0 Å². The molecule has 0 radical (unpaired) electrons. The molecule has 0 aliphatic carbocycles. The lowest BCUT2D eigenvalue weighted by Gasteiger charge is -1.98. The first-order valence-electron chi connectivity index (χ1n) is 8.94. The van der Waals surface area contributed by atoms with Crippen LogP contribution in [-0.4, -0.2) is 11.7 Å². The van der Waals surface area contributed by atoms with Crippen LogP contribution < -0.4 is 0 Å². The average molecular weight is 273 g/mol. The Hall–Kier alpha value is -0.0400. The Bertz CT molecular complexity index is 109. The molecular weight excluding hydrogens is 232 g/mol. The molecule has 0 bridgehead atoms. The van der Waals surface area contributed by atoms with Gasteiger partial charge < -0.3 is 5.11 Å². The number of rotatable bonds is 13. The lowest BCUT2D eigenvalue weighted by atomic mass is 10.1. The third-order valence-corrected chi connectivity index (χ3v) is 3.47. The number of aliphatic hydroxyl groups is 1. The van der Waals surface area contributed by atoms with Gasteiger partial charge >= 0.3 is 0 Å². The maximum absolute atomic E-state index is 8.51. The van der Waals surface area contributed by atoms with Gasteiger partial charge in [-0.05, 0) is 6.42 Å². The largest absolute Gasteiger partial charge is 0.396 e. The molecule has 1 N–H and O–H groups in total. The summed E-state index contributed by atoms with van der Waals surface area (Å²) in [7, 11) is 0. The Morgan fingerprint density at radius 2 is 0.684 bits per heavy atom. The van der Waals surface area contributed by atoms with Gasteiger partial charge in [-0.3, -0.25) is 0 Å². The van der Waals surface area contributed by atoms with E-state index in [4.69, 9.17) is 5.11 Å². The lowest BCUT2D eigenvalue weighted by molar-refractivity contribution is 0.282. The molecule has 0 aromatic heterocycles. The summed E-state index contributed by atoms with van der Waals surface area (Å²) in [4.78, 5) is 0. The normalized spacial score (nSPS) is 10.1. The van der Waals surface area contributed by atoms with E-state index in [9.17, 15) is 0 Å². The Morgan fingerprint density at radius 1 is 0.421 bits per heavy atom. The highest BCUT2D eigenvalue weighted by Gasteiger charge is 1.89. The topological polar surface area (TPSA) is 20.2 Å². The van der Waals surface area contributed by atoms with Crippen LogP contribution in [0.25, 0.3) is 0 Å². The second-order valence-corrected chi connectivity index (χ2v) is 5.61. The fourth-order valence-corrected chi connectivity index (χ4v) is 2.10. The predicted molar refractivity (Wildman–Crippen MR) is 88.7 cm³/mol. The molecule has 0 saturated carbocycles. The third-order valence-electron chi connectivity index (χ3n) is 3.47. The number of unbranched alkanes of at least 4 members (excludes halogenated alkanes) is 12. The molecule has 0 amide bonds. The van der Waals surface area contributed by atoms with Crippen LogP contribution in [-0.2, 0) is 0 Å². The van der Waals surface area contributed by atoms with Crippen molar-refractivity contribution < 1.29 is 5.11 Å². The van der Waals surface area contributed by atoms with Crippen molar-refractivity contribution in [2.45, 2.75) is 111 Å². The molecule has 0 aliphatic heterocycles. The van der Waals surface area contributed by atoms with Gasteiger partial charge in [0.1, 0.15) is 0 Å². The van der Waals surface area contributed by atoms with Gasteiger partial charge in [0.05, 0.1) is 0 Å². The van der Waals surface area contributed by atoms with Gasteiger partial charge in [-0.25, -0.2) is 0 Å². The van der Waals surface area contributed by atoms with Gasteiger partial charge in [0, 0.05) is 6.61 Å². The van der Waals surface area contributed by atoms with Crippen LogP contribution in [0.15, 0.2) is 0 Å². The first kappa shape index (κ1) is 21.3. The summed E-state index contributed by atoms with van der Waals surface area (Å²) in [6.45, 7) is 7.12. The summed E-state index contributed by atoms with van der Waals surface area (Å²) in [6, 6.07) is 0. The van der Waals surface area contributed by atoms with E-state index in [-0.39, 0.29) is 0 Å². The number of aliphatic hydroxyl groups excluding tert-OH is 1. The van der Waals surface area contributed by atoms with Crippen LogP contribution in [0.5, 0.6) is 0 Å². The van der Waals surface area contributed by atoms with E-state index in [0.29, 0.717) is 6.61 Å². The second kappa shape index (κ2) is 23.1. The van der Waals surface area contributed by atoms with Gasteiger partial charge in [0.15, 0.2) is 0 Å². The van der Waals surface area contributed by atoms with E-state index in [0.717, 1.165) is 6.42 Å². The minimum Gasteiger partial charge on any atom is -0.396 e. The Labute approximate surface area is 123 Å². The molecule has 0 unspecified atom stereocenters. The van der Waals surface area contributed by atoms with Crippen molar-refractivity contribution in [3.05, 3.63) is 0 Å². The maximum atomic E-state index is 8.51. The van der Waals surface area contributed by atoms with Crippen molar-refractivity contribution in [1.29, 1.82) is 0 Å². The van der Waals surface area contributed by atoms with Crippen molar-refractivity contribution in [2.75, 3.05) is 6.61 Å². The van der Waals surface area contributed by atoms with Gasteiger partial charge in [-0.15, -0.1) is 0 Å². The van der Waals surface area contributed by atoms with Crippen LogP contribution >= 0.6 is 0 Å². The van der Waals surface area contributed by atoms with E-state index in [1.165, 1.54) is 83.5 Å². The highest BCUT2D eigenvalue weighted by atomic mass is 16.2. The maximum Gasteiger partial charge on any atom is 0.0431 e. The smallest absolute Gasteiger partial charge is 0.0431 e. The van der Waals surface area contributed by atoms with Crippen molar-refractivity contribution in [3.8, 4) is 0 Å². The molecule has 0 aliphatic rings. The van der Waals surface area contributed by atoms with E-state index in [1.807, 2.05) is 0 Å². The highest BCUT2D eigenvalue weighted by molar-refractivity contribution is 4.44. The van der Waals surface area contributed by atoms with Crippen molar-refractivity contribution in [1.82, 2.24) is 0 Å². The molecule has 1 heteroatoms. The molecule has 19 heavy (non-hydrogen) atoms. The molecular formula is C18H40O. The Morgan fingerprint density at radius 3 is 0.947 bits per heavy atom. The summed E-state index contributed by atoms with van der Waals surface area (Å²) in [5, 5.41) is 8.51. The fourth-order valence-electron chi connectivity index (χ4n) is 2.10. The Kier molecular flexibility index (Phi) is 25.8. The van der Waals surface area contributed by atoms with E-state index in [1.54, 1.807) is 0 Å². The highest BCUT2D eigenvalue weighted by Crippen LogP contribution is 2.07. The zero-order chi connectivity index (χ0) is 14.6. The monoisotopic (exact) mass is 272 g/mol. The molecule has 118 valence electrons. The van der Waals surface area contributed by atoms with Crippen LogP contribution in [0.4, 0.5) is 0 Å². The standard InChI is InChI=1S/C10H22O.C8H18/c1-2-3-4-5-6-7-8-9-10-11;1-3-5-7-8-6-4-2/h11H,2-10H2,1H3;3-8H2,1-2H3. The summed E-state index contributed by atoms with van der Waals surface area (Å²) in [5.41, 5.74) is 0. The van der Waals surface area contributed by atoms with E-state index in [2.05, 4.69) is 20.8 Å². The second-order valence-electron chi connectivity index (χ2n) is 5.61. The quantitative estimate of drug-likeness (QED) is 0.380. The lowest BCUT2D eigenvalue weighted by Crippen LogP contribution is -1.83. The summed E-state index contributed by atoms with van der Waals surface area (Å²) in [5.74, 6) is 0. The number of hydrogen-bond donors (Lipinski definition) is 1. The zero-order valence-electron chi connectivity index (χ0n) is 14.1. The van der Waals surface area contributed by atoms with Crippen LogP contribution in [0, 0.1) is 0 Å². The first-order valence-corrected chi connectivity index (χ1v) is 8.94. The molecule has 1 nitrogen and oxygen atoms in total. The Balaban J connectivity index is 0. The van der Waals surface area contributed by atoms with E-state index < -0.39 is 0 Å². The first-order chi connectivity index (χ1) is 9.33. The molecule has 0 aromatic carbocycles. The third kappa shape index (κ3) is 27.2. The minimum absolute atomic E-state index is 0.370. The van der Waals surface area contributed by atoms with Crippen molar-refractivity contribution in [3.63, 3.8) is 0 Å². The predicted octanol–water partition coefficient (Wildman–Crippen LogP) is 6.49. The van der Waals surface area contributed by atoms with Crippen LogP contribution in [0.3, 0.4) is 0 Å². The minimum atomic E-state index is 0.370. The summed E-state index contributed by atoms with van der Waals surface area (Å²) < 4.78 is 0. The molecule has 0 heterocycles. The van der Waals surface area contributed by atoms with Crippen molar-refractivity contribution in [2.24, 2.45) is 0 Å².